The van der Waals surface area contributed by atoms with Gasteiger partial charge in [-0.25, -0.2) is 9.97 Å². The predicted octanol–water partition coefficient (Wildman–Crippen LogP) is 3.24. The summed E-state index contributed by atoms with van der Waals surface area (Å²) in [6.45, 7) is 4.12. The molecule has 2 saturated heterocycles. The van der Waals surface area contributed by atoms with Crippen molar-refractivity contribution < 1.29 is 4.74 Å². The van der Waals surface area contributed by atoms with E-state index in [2.05, 4.69) is 16.0 Å². The lowest BCUT2D eigenvalue weighted by Crippen LogP contribution is -2.51. The summed E-state index contributed by atoms with van der Waals surface area (Å²) >= 11 is 12.4. The summed E-state index contributed by atoms with van der Waals surface area (Å²) in [7, 11) is 0. The van der Waals surface area contributed by atoms with E-state index < -0.39 is 0 Å². The van der Waals surface area contributed by atoms with Crippen LogP contribution in [-0.2, 0) is 4.74 Å². The minimum atomic E-state index is -0.0179. The predicted molar refractivity (Wildman–Crippen MR) is 114 cm³/mol. The number of nitrogens with two attached hydrogens (primary N) is 2. The number of anilines is 2. The van der Waals surface area contributed by atoms with Gasteiger partial charge in [-0.05, 0) is 25.8 Å². The third-order valence-electron chi connectivity index (χ3n) is 6.12. The number of hydrogen-bond acceptors (Lipinski definition) is 7. The molecule has 0 radical (unpaired) electrons. The molecule has 9 heteroatoms. The topological polar surface area (TPSA) is 114 Å². The van der Waals surface area contributed by atoms with E-state index >= 15 is 0 Å². The maximum absolute atomic E-state index is 9.70. The van der Waals surface area contributed by atoms with Crippen molar-refractivity contribution in [1.82, 2.24) is 9.97 Å². The average Bonchev–Trinajstić information content (AvgIpc) is 2.99. The highest BCUT2D eigenvalue weighted by Gasteiger charge is 2.47. The van der Waals surface area contributed by atoms with Crippen LogP contribution in [0, 0.1) is 16.7 Å². The fourth-order valence-corrected chi connectivity index (χ4v) is 4.65. The molecule has 3 heterocycles. The lowest BCUT2D eigenvalue weighted by atomic mass is 9.73. The van der Waals surface area contributed by atoms with Gasteiger partial charge in [-0.3, -0.25) is 0 Å². The number of nitriles is 1. The minimum absolute atomic E-state index is 0.0172. The van der Waals surface area contributed by atoms with Crippen molar-refractivity contribution in [1.29, 1.82) is 5.26 Å². The Hall–Kier alpha value is -2.11. The highest BCUT2D eigenvalue weighted by atomic mass is 35.5. The molecule has 0 saturated carbocycles. The van der Waals surface area contributed by atoms with Crippen LogP contribution < -0.4 is 16.4 Å². The molecule has 0 amide bonds. The van der Waals surface area contributed by atoms with E-state index in [-0.39, 0.29) is 29.1 Å². The normalized spacial score (nSPS) is 23.3. The van der Waals surface area contributed by atoms with Crippen LogP contribution in [0.4, 0.5) is 11.6 Å². The number of ether oxygens (including phenoxy) is 1. The summed E-state index contributed by atoms with van der Waals surface area (Å²) in [6, 6.07) is 7.35. The SMILES string of the molecule is C[C@@H]1OCC2(CCN(c3nc(N)c(-c4cccc(Cl)c4Cl)nc3C#N)CC2)[C@@H]1N. The van der Waals surface area contributed by atoms with Crippen molar-refractivity contribution in [3.8, 4) is 17.3 Å². The lowest BCUT2D eigenvalue weighted by molar-refractivity contribution is 0.0974. The quantitative estimate of drug-likeness (QED) is 0.747. The molecule has 152 valence electrons. The monoisotopic (exact) mass is 432 g/mol. The summed E-state index contributed by atoms with van der Waals surface area (Å²) in [5.41, 5.74) is 13.7. The van der Waals surface area contributed by atoms with Crippen molar-refractivity contribution >= 4 is 34.8 Å². The molecule has 2 aliphatic heterocycles. The van der Waals surface area contributed by atoms with E-state index in [1.165, 1.54) is 0 Å². The minimum Gasteiger partial charge on any atom is -0.382 e. The largest absolute Gasteiger partial charge is 0.382 e. The fourth-order valence-electron chi connectivity index (χ4n) is 4.26. The van der Waals surface area contributed by atoms with Crippen molar-refractivity contribution in [3.05, 3.63) is 33.9 Å². The van der Waals surface area contributed by atoms with Crippen LogP contribution in [0.5, 0.6) is 0 Å². The second-order valence-corrected chi connectivity index (χ2v) is 8.52. The van der Waals surface area contributed by atoms with Gasteiger partial charge in [-0.2, -0.15) is 5.26 Å². The van der Waals surface area contributed by atoms with Crippen LogP contribution in [-0.4, -0.2) is 41.8 Å². The Morgan fingerprint density at radius 3 is 2.62 bits per heavy atom. The number of hydrogen-bond donors (Lipinski definition) is 2. The molecule has 1 aromatic heterocycles. The molecule has 2 fully saturated rings. The molecule has 7 nitrogen and oxygen atoms in total. The lowest BCUT2D eigenvalue weighted by Gasteiger charge is -2.41. The number of halogens is 2. The summed E-state index contributed by atoms with van der Waals surface area (Å²) in [5.74, 6) is 0.695. The van der Waals surface area contributed by atoms with Gasteiger partial charge in [0.05, 0.1) is 22.8 Å². The number of piperidine rings is 1. The maximum atomic E-state index is 9.70. The zero-order valence-electron chi connectivity index (χ0n) is 16.0. The van der Waals surface area contributed by atoms with Crippen molar-refractivity contribution in [2.45, 2.75) is 31.9 Å². The highest BCUT2D eigenvalue weighted by molar-refractivity contribution is 6.43. The number of aromatic nitrogens is 2. The van der Waals surface area contributed by atoms with Gasteiger partial charge in [0, 0.05) is 30.1 Å². The second-order valence-electron chi connectivity index (χ2n) is 7.73. The molecule has 2 atom stereocenters. The molecule has 0 unspecified atom stereocenters. The number of benzene rings is 1. The van der Waals surface area contributed by atoms with Crippen LogP contribution >= 0.6 is 23.2 Å². The summed E-state index contributed by atoms with van der Waals surface area (Å²) < 4.78 is 5.78. The first kappa shape index (κ1) is 20.2. The van der Waals surface area contributed by atoms with E-state index in [1.54, 1.807) is 18.2 Å². The van der Waals surface area contributed by atoms with Crippen LogP contribution in [0.2, 0.25) is 10.0 Å². The maximum Gasteiger partial charge on any atom is 0.183 e. The first-order valence-corrected chi connectivity index (χ1v) is 10.3. The average molecular weight is 433 g/mol. The van der Waals surface area contributed by atoms with Gasteiger partial charge in [-0.15, -0.1) is 0 Å². The van der Waals surface area contributed by atoms with Crippen molar-refractivity contribution in [2.24, 2.45) is 11.1 Å². The number of nitrogen functional groups attached to an aromatic ring is 1. The fraction of sp³-hybridized carbons (Fsp3) is 0.450. The van der Waals surface area contributed by atoms with Crippen LogP contribution in [0.1, 0.15) is 25.5 Å². The van der Waals surface area contributed by atoms with Gasteiger partial charge in [0.25, 0.3) is 0 Å². The first-order chi connectivity index (χ1) is 13.9. The van der Waals surface area contributed by atoms with Gasteiger partial charge >= 0.3 is 0 Å². The van der Waals surface area contributed by atoms with Gasteiger partial charge in [0.15, 0.2) is 17.3 Å². The second kappa shape index (κ2) is 7.62. The van der Waals surface area contributed by atoms with Gasteiger partial charge in [0.2, 0.25) is 0 Å². The van der Waals surface area contributed by atoms with Gasteiger partial charge in [0.1, 0.15) is 11.8 Å². The summed E-state index contributed by atoms with van der Waals surface area (Å²) in [6.07, 6.45) is 1.80. The Balaban J connectivity index is 1.64. The standard InChI is InChI=1S/C20H22Cl2N6O/c1-11-17(24)20(10-29-11)5-7-28(8-6-20)19-14(9-23)26-16(18(25)27-19)12-3-2-4-13(21)15(12)22/h2-4,11,17H,5-8,10,24H2,1H3,(H2,25,27)/t11-,17+/m0/s1. The van der Waals surface area contributed by atoms with Crippen LogP contribution in [0.25, 0.3) is 11.3 Å². The van der Waals surface area contributed by atoms with E-state index in [0.717, 1.165) is 12.8 Å². The Kier molecular flexibility index (Phi) is 5.30. The number of rotatable bonds is 2. The molecule has 2 aromatic rings. The number of nitrogens with zero attached hydrogens (tertiary/aromatic N) is 4. The molecule has 4 rings (SSSR count). The van der Waals surface area contributed by atoms with E-state index in [0.29, 0.717) is 46.8 Å². The van der Waals surface area contributed by atoms with Crippen LogP contribution in [0.3, 0.4) is 0 Å². The summed E-state index contributed by atoms with van der Waals surface area (Å²) in [5, 5.41) is 10.4. The molecular weight excluding hydrogens is 411 g/mol. The first-order valence-electron chi connectivity index (χ1n) is 9.50. The highest BCUT2D eigenvalue weighted by Crippen LogP contribution is 2.42. The third kappa shape index (κ3) is 3.40. The van der Waals surface area contributed by atoms with Crippen molar-refractivity contribution in [3.63, 3.8) is 0 Å². The molecule has 29 heavy (non-hydrogen) atoms. The smallest absolute Gasteiger partial charge is 0.183 e. The van der Waals surface area contributed by atoms with E-state index in [9.17, 15) is 5.26 Å². The molecule has 4 N–H and O–H groups in total. The molecular formula is C20H22Cl2N6O. The Labute approximate surface area is 179 Å². The zero-order valence-corrected chi connectivity index (χ0v) is 17.5. The molecule has 0 bridgehead atoms. The van der Waals surface area contributed by atoms with Crippen LogP contribution in [0.15, 0.2) is 18.2 Å². The molecule has 1 spiro atoms. The van der Waals surface area contributed by atoms with Gasteiger partial charge < -0.3 is 21.1 Å². The van der Waals surface area contributed by atoms with E-state index in [1.807, 2.05) is 11.8 Å². The zero-order chi connectivity index (χ0) is 20.8. The van der Waals surface area contributed by atoms with E-state index in [4.69, 9.17) is 39.4 Å². The Morgan fingerprint density at radius 1 is 1.28 bits per heavy atom. The third-order valence-corrected chi connectivity index (χ3v) is 6.94. The van der Waals surface area contributed by atoms with Crippen molar-refractivity contribution in [2.75, 3.05) is 30.3 Å². The molecule has 0 aliphatic carbocycles. The molecule has 2 aliphatic rings. The molecule has 1 aromatic carbocycles. The van der Waals surface area contributed by atoms with Gasteiger partial charge in [-0.1, -0.05) is 35.3 Å². The summed E-state index contributed by atoms with van der Waals surface area (Å²) in [4.78, 5) is 11.0. The Bertz CT molecular complexity index is 984. The Morgan fingerprint density at radius 2 is 2.00 bits per heavy atom.